The summed E-state index contributed by atoms with van der Waals surface area (Å²) in [4.78, 5) is 31.8. The Labute approximate surface area is 166 Å². The summed E-state index contributed by atoms with van der Waals surface area (Å²) in [6, 6.07) is 10.4. The molecule has 1 aromatic heterocycles. The SMILES string of the molecule is CC1CCCCN1C(=O)CN1CCN(C(=O)c2cc3ccccc3n2C)CC1. The maximum Gasteiger partial charge on any atom is 0.270 e. The molecule has 1 aromatic carbocycles. The molecule has 4 rings (SSSR count). The summed E-state index contributed by atoms with van der Waals surface area (Å²) in [5.41, 5.74) is 1.80. The number of amides is 2. The minimum Gasteiger partial charge on any atom is -0.340 e. The lowest BCUT2D eigenvalue weighted by Gasteiger charge is -2.38. The highest BCUT2D eigenvalue weighted by Gasteiger charge is 2.28. The van der Waals surface area contributed by atoms with E-state index in [9.17, 15) is 9.59 Å². The Morgan fingerprint density at radius 3 is 2.50 bits per heavy atom. The van der Waals surface area contributed by atoms with Crippen molar-refractivity contribution in [1.82, 2.24) is 19.3 Å². The summed E-state index contributed by atoms with van der Waals surface area (Å²) in [6.45, 7) is 6.36. The van der Waals surface area contributed by atoms with Gasteiger partial charge < -0.3 is 14.4 Å². The van der Waals surface area contributed by atoms with Crippen molar-refractivity contribution in [3.8, 4) is 0 Å². The molecule has 6 heteroatoms. The number of hydrogen-bond donors (Lipinski definition) is 0. The zero-order valence-corrected chi connectivity index (χ0v) is 16.9. The van der Waals surface area contributed by atoms with Gasteiger partial charge in [0.15, 0.2) is 0 Å². The van der Waals surface area contributed by atoms with Crippen LogP contribution in [0.1, 0.15) is 36.7 Å². The third-order valence-corrected chi connectivity index (χ3v) is 6.31. The smallest absolute Gasteiger partial charge is 0.270 e. The van der Waals surface area contributed by atoms with Gasteiger partial charge in [0.2, 0.25) is 5.91 Å². The Hall–Kier alpha value is -2.34. The number of rotatable bonds is 3. The maximum absolute atomic E-state index is 13.0. The second-order valence-electron chi connectivity index (χ2n) is 8.15. The van der Waals surface area contributed by atoms with Crippen molar-refractivity contribution in [3.63, 3.8) is 0 Å². The van der Waals surface area contributed by atoms with Crippen LogP contribution in [0, 0.1) is 0 Å². The lowest BCUT2D eigenvalue weighted by Crippen LogP contribution is -2.53. The molecule has 6 nitrogen and oxygen atoms in total. The molecule has 0 saturated carbocycles. The van der Waals surface area contributed by atoms with Crippen molar-refractivity contribution in [2.75, 3.05) is 39.3 Å². The zero-order valence-electron chi connectivity index (χ0n) is 16.9. The van der Waals surface area contributed by atoms with Crippen molar-refractivity contribution in [2.45, 2.75) is 32.2 Å². The number of nitrogens with zero attached hydrogens (tertiary/aromatic N) is 4. The molecule has 1 unspecified atom stereocenters. The summed E-state index contributed by atoms with van der Waals surface area (Å²) in [5, 5.41) is 1.09. The van der Waals surface area contributed by atoms with E-state index < -0.39 is 0 Å². The van der Waals surface area contributed by atoms with Crippen LogP contribution in [0.3, 0.4) is 0 Å². The number of piperidine rings is 1. The van der Waals surface area contributed by atoms with Crippen LogP contribution in [0.2, 0.25) is 0 Å². The number of carbonyl (C=O) groups excluding carboxylic acids is 2. The van der Waals surface area contributed by atoms with Gasteiger partial charge in [-0.15, -0.1) is 0 Å². The normalized spacial score (nSPS) is 21.3. The van der Waals surface area contributed by atoms with Gasteiger partial charge in [-0.05, 0) is 38.3 Å². The van der Waals surface area contributed by atoms with Crippen LogP contribution in [0.15, 0.2) is 30.3 Å². The van der Waals surface area contributed by atoms with Crippen molar-refractivity contribution in [3.05, 3.63) is 36.0 Å². The third kappa shape index (κ3) is 3.65. The van der Waals surface area contributed by atoms with Crippen molar-refractivity contribution < 1.29 is 9.59 Å². The number of piperazine rings is 1. The van der Waals surface area contributed by atoms with Gasteiger partial charge in [-0.1, -0.05) is 18.2 Å². The largest absolute Gasteiger partial charge is 0.340 e. The van der Waals surface area contributed by atoms with Crippen LogP contribution >= 0.6 is 0 Å². The van der Waals surface area contributed by atoms with E-state index in [1.165, 1.54) is 6.42 Å². The van der Waals surface area contributed by atoms with Gasteiger partial charge in [0.05, 0.1) is 6.54 Å². The first-order valence-electron chi connectivity index (χ1n) is 10.4. The fourth-order valence-corrected chi connectivity index (χ4v) is 4.52. The molecule has 2 fully saturated rings. The van der Waals surface area contributed by atoms with Crippen LogP contribution in [0.4, 0.5) is 0 Å². The van der Waals surface area contributed by atoms with E-state index in [-0.39, 0.29) is 11.8 Å². The van der Waals surface area contributed by atoms with Crippen LogP contribution in [-0.4, -0.2) is 76.4 Å². The highest BCUT2D eigenvalue weighted by atomic mass is 16.2. The summed E-state index contributed by atoms with van der Waals surface area (Å²) in [5.74, 6) is 0.315. The van der Waals surface area contributed by atoms with Crippen LogP contribution < -0.4 is 0 Å². The minimum absolute atomic E-state index is 0.0781. The van der Waals surface area contributed by atoms with Crippen molar-refractivity contribution >= 4 is 22.7 Å². The lowest BCUT2D eigenvalue weighted by molar-refractivity contribution is -0.136. The van der Waals surface area contributed by atoms with E-state index in [2.05, 4.69) is 11.8 Å². The van der Waals surface area contributed by atoms with Crippen LogP contribution in [0.5, 0.6) is 0 Å². The van der Waals surface area contributed by atoms with Gasteiger partial charge in [0.25, 0.3) is 5.91 Å². The number of benzene rings is 1. The first-order chi connectivity index (χ1) is 13.5. The molecule has 150 valence electrons. The van der Waals surface area contributed by atoms with E-state index in [4.69, 9.17) is 0 Å². The minimum atomic E-state index is 0.0781. The number of para-hydroxylation sites is 1. The van der Waals surface area contributed by atoms with E-state index in [0.717, 1.165) is 49.1 Å². The molecule has 0 radical (unpaired) electrons. The van der Waals surface area contributed by atoms with E-state index in [0.29, 0.717) is 25.7 Å². The molecule has 28 heavy (non-hydrogen) atoms. The molecule has 2 saturated heterocycles. The topological polar surface area (TPSA) is 48.8 Å². The lowest BCUT2D eigenvalue weighted by atomic mass is 10.0. The molecule has 1 atom stereocenters. The Bertz CT molecular complexity index is 867. The highest BCUT2D eigenvalue weighted by molar-refractivity contribution is 5.98. The average Bonchev–Trinajstić information content (AvgIpc) is 3.05. The molecule has 2 amide bonds. The summed E-state index contributed by atoms with van der Waals surface area (Å²) >= 11 is 0. The molecule has 0 aliphatic carbocycles. The van der Waals surface area contributed by atoms with Crippen molar-refractivity contribution in [1.29, 1.82) is 0 Å². The number of carbonyl (C=O) groups is 2. The summed E-state index contributed by atoms with van der Waals surface area (Å²) < 4.78 is 1.98. The predicted octanol–water partition coefficient (Wildman–Crippen LogP) is 2.34. The Morgan fingerprint density at radius 2 is 1.79 bits per heavy atom. The molecule has 0 spiro atoms. The van der Waals surface area contributed by atoms with Gasteiger partial charge in [0.1, 0.15) is 5.69 Å². The average molecular weight is 383 g/mol. The van der Waals surface area contributed by atoms with E-state index in [1.807, 2.05) is 51.7 Å². The van der Waals surface area contributed by atoms with Gasteiger partial charge in [0, 0.05) is 56.7 Å². The molecule has 2 aromatic rings. The highest BCUT2D eigenvalue weighted by Crippen LogP contribution is 2.21. The maximum atomic E-state index is 13.0. The fraction of sp³-hybridized carbons (Fsp3) is 0.545. The quantitative estimate of drug-likeness (QED) is 0.819. The monoisotopic (exact) mass is 382 g/mol. The van der Waals surface area contributed by atoms with E-state index in [1.54, 1.807) is 0 Å². The van der Waals surface area contributed by atoms with Crippen LogP contribution in [0.25, 0.3) is 10.9 Å². The Balaban J connectivity index is 1.35. The number of hydrogen-bond acceptors (Lipinski definition) is 3. The molecule has 0 N–H and O–H groups in total. The summed E-state index contributed by atoms with van der Waals surface area (Å²) in [6.07, 6.45) is 3.45. The Morgan fingerprint density at radius 1 is 1.04 bits per heavy atom. The summed E-state index contributed by atoms with van der Waals surface area (Å²) in [7, 11) is 1.95. The van der Waals surface area contributed by atoms with Gasteiger partial charge in [-0.2, -0.15) is 0 Å². The second kappa shape index (κ2) is 7.95. The third-order valence-electron chi connectivity index (χ3n) is 6.31. The molecule has 3 heterocycles. The first-order valence-corrected chi connectivity index (χ1v) is 10.4. The number of aryl methyl sites for hydroxylation is 1. The number of likely N-dealkylation sites (tertiary alicyclic amines) is 1. The fourth-order valence-electron chi connectivity index (χ4n) is 4.52. The number of fused-ring (bicyclic) bond motifs is 1. The Kier molecular flexibility index (Phi) is 5.40. The molecule has 2 aliphatic heterocycles. The first kappa shape index (κ1) is 19.0. The van der Waals surface area contributed by atoms with Gasteiger partial charge in [-0.3, -0.25) is 14.5 Å². The number of aromatic nitrogens is 1. The second-order valence-corrected chi connectivity index (χ2v) is 8.15. The molecular formula is C22H30N4O2. The molecular weight excluding hydrogens is 352 g/mol. The van der Waals surface area contributed by atoms with Crippen LogP contribution in [-0.2, 0) is 11.8 Å². The van der Waals surface area contributed by atoms with Gasteiger partial charge >= 0.3 is 0 Å². The van der Waals surface area contributed by atoms with Gasteiger partial charge in [-0.25, -0.2) is 0 Å². The predicted molar refractivity (Wildman–Crippen MR) is 110 cm³/mol. The molecule has 0 bridgehead atoms. The zero-order chi connectivity index (χ0) is 19.7. The van der Waals surface area contributed by atoms with Crippen molar-refractivity contribution in [2.24, 2.45) is 7.05 Å². The molecule has 2 aliphatic rings. The van der Waals surface area contributed by atoms with E-state index >= 15 is 0 Å². The standard InChI is InChI=1S/C22H30N4O2/c1-17-7-5-6-10-26(17)21(27)16-24-11-13-25(14-12-24)22(28)20-15-18-8-3-4-9-19(18)23(20)2/h3-4,8-9,15,17H,5-7,10-14,16H2,1-2H3.